The second-order valence-electron chi connectivity index (χ2n) is 6.42. The van der Waals surface area contributed by atoms with Crippen molar-refractivity contribution >= 4 is 17.5 Å². The second-order valence-corrected chi connectivity index (χ2v) is 6.85. The first kappa shape index (κ1) is 18.8. The number of hydrogen-bond acceptors (Lipinski definition) is 6. The van der Waals surface area contributed by atoms with Crippen molar-refractivity contribution in [3.05, 3.63) is 76.5 Å². The Morgan fingerprint density at radius 2 is 1.93 bits per heavy atom. The van der Waals surface area contributed by atoms with Gasteiger partial charge < -0.3 is 9.84 Å². The number of aromatic nitrogens is 5. The molecule has 1 amide bonds. The fraction of sp³-hybridized carbons (Fsp3) is 0.150. The number of amides is 1. The molecule has 3 heterocycles. The van der Waals surface area contributed by atoms with Gasteiger partial charge in [0, 0.05) is 17.8 Å². The van der Waals surface area contributed by atoms with Crippen molar-refractivity contribution in [1.29, 1.82) is 0 Å². The number of halogens is 1. The number of nitrogens with zero attached hydrogens (tertiary/aromatic N) is 5. The van der Waals surface area contributed by atoms with Gasteiger partial charge in [0.1, 0.15) is 0 Å². The van der Waals surface area contributed by atoms with Crippen LogP contribution in [-0.4, -0.2) is 30.8 Å². The van der Waals surface area contributed by atoms with Crippen LogP contribution in [0.1, 0.15) is 27.4 Å². The van der Waals surface area contributed by atoms with Crippen molar-refractivity contribution in [2.75, 3.05) is 0 Å². The van der Waals surface area contributed by atoms with E-state index < -0.39 is 0 Å². The summed E-state index contributed by atoms with van der Waals surface area (Å²) in [4.78, 5) is 21.1. The zero-order valence-corrected chi connectivity index (χ0v) is 16.5. The standard InChI is InChI=1S/C20H17ClN6O2/c1-12-17(19(28)23-9-14-3-6-16(21)7-4-14)11-24-27(12)18-8-5-15(10-22-18)20-25-13(2)26-29-20/h3-8,10-11H,9H2,1-2H3,(H,23,28). The third-order valence-corrected chi connectivity index (χ3v) is 4.61. The third-order valence-electron chi connectivity index (χ3n) is 4.36. The molecule has 29 heavy (non-hydrogen) atoms. The normalized spacial score (nSPS) is 10.9. The first-order valence-electron chi connectivity index (χ1n) is 8.85. The van der Waals surface area contributed by atoms with Crippen LogP contribution in [0.2, 0.25) is 5.02 Å². The Bertz CT molecular complexity index is 1150. The Kier molecular flexibility index (Phi) is 5.09. The maximum atomic E-state index is 12.6. The first-order chi connectivity index (χ1) is 14.0. The van der Waals surface area contributed by atoms with Gasteiger partial charge in [-0.15, -0.1) is 0 Å². The average molecular weight is 409 g/mol. The van der Waals surface area contributed by atoms with Crippen molar-refractivity contribution in [3.63, 3.8) is 0 Å². The van der Waals surface area contributed by atoms with E-state index in [0.29, 0.717) is 45.9 Å². The highest BCUT2D eigenvalue weighted by molar-refractivity contribution is 6.30. The quantitative estimate of drug-likeness (QED) is 0.542. The van der Waals surface area contributed by atoms with Crippen LogP contribution < -0.4 is 5.32 Å². The molecular weight excluding hydrogens is 392 g/mol. The van der Waals surface area contributed by atoms with E-state index in [1.54, 1.807) is 36.0 Å². The van der Waals surface area contributed by atoms with Gasteiger partial charge in [-0.2, -0.15) is 10.1 Å². The molecule has 1 aromatic carbocycles. The summed E-state index contributed by atoms with van der Waals surface area (Å²) in [6.45, 7) is 3.97. The SMILES string of the molecule is Cc1noc(-c2ccc(-n3ncc(C(=O)NCc4ccc(Cl)cc4)c3C)nc2)n1. The summed E-state index contributed by atoms with van der Waals surface area (Å²) in [6.07, 6.45) is 3.16. The smallest absolute Gasteiger partial charge is 0.259 e. The molecule has 0 aliphatic carbocycles. The van der Waals surface area contributed by atoms with Gasteiger partial charge in [0.05, 0.1) is 23.0 Å². The van der Waals surface area contributed by atoms with Crippen LogP contribution in [0, 0.1) is 13.8 Å². The number of rotatable bonds is 5. The molecule has 0 aliphatic heterocycles. The van der Waals surface area contributed by atoms with Crippen molar-refractivity contribution in [1.82, 2.24) is 30.2 Å². The van der Waals surface area contributed by atoms with Crippen LogP contribution in [0.15, 0.2) is 53.3 Å². The van der Waals surface area contributed by atoms with Gasteiger partial charge in [0.2, 0.25) is 0 Å². The molecule has 8 nitrogen and oxygen atoms in total. The van der Waals surface area contributed by atoms with E-state index in [-0.39, 0.29) is 5.91 Å². The summed E-state index contributed by atoms with van der Waals surface area (Å²) >= 11 is 5.88. The molecule has 0 aliphatic rings. The van der Waals surface area contributed by atoms with Crippen molar-refractivity contribution in [2.45, 2.75) is 20.4 Å². The van der Waals surface area contributed by atoms with Crippen LogP contribution in [0.4, 0.5) is 0 Å². The fourth-order valence-corrected chi connectivity index (χ4v) is 2.92. The molecule has 1 N–H and O–H groups in total. The van der Waals surface area contributed by atoms with Crippen LogP contribution in [-0.2, 0) is 6.54 Å². The lowest BCUT2D eigenvalue weighted by atomic mass is 10.2. The molecule has 0 atom stereocenters. The predicted molar refractivity (Wildman–Crippen MR) is 107 cm³/mol. The van der Waals surface area contributed by atoms with Gasteiger partial charge in [-0.1, -0.05) is 28.9 Å². The lowest BCUT2D eigenvalue weighted by molar-refractivity contribution is 0.0950. The van der Waals surface area contributed by atoms with E-state index in [1.165, 1.54) is 6.20 Å². The van der Waals surface area contributed by atoms with Crippen molar-refractivity contribution in [3.8, 4) is 17.3 Å². The fourth-order valence-electron chi connectivity index (χ4n) is 2.80. The lowest BCUT2D eigenvalue weighted by Crippen LogP contribution is -2.23. The Morgan fingerprint density at radius 3 is 2.59 bits per heavy atom. The van der Waals surface area contributed by atoms with Crippen LogP contribution in [0.5, 0.6) is 0 Å². The molecular formula is C20H17ClN6O2. The summed E-state index contributed by atoms with van der Waals surface area (Å²) < 4.78 is 6.75. The molecule has 4 rings (SSSR count). The van der Waals surface area contributed by atoms with E-state index in [1.807, 2.05) is 25.1 Å². The molecule has 0 saturated carbocycles. The molecule has 3 aromatic heterocycles. The Labute approximate surface area is 171 Å². The molecule has 4 aromatic rings. The van der Waals surface area contributed by atoms with E-state index in [4.69, 9.17) is 16.1 Å². The number of carbonyl (C=O) groups is 1. The third kappa shape index (κ3) is 4.02. The highest BCUT2D eigenvalue weighted by atomic mass is 35.5. The summed E-state index contributed by atoms with van der Waals surface area (Å²) in [5.74, 6) is 1.34. The molecule has 9 heteroatoms. The number of benzene rings is 1. The maximum Gasteiger partial charge on any atom is 0.259 e. The lowest BCUT2D eigenvalue weighted by Gasteiger charge is -2.07. The van der Waals surface area contributed by atoms with Gasteiger partial charge >= 0.3 is 0 Å². The predicted octanol–water partition coefficient (Wildman–Crippen LogP) is 3.52. The van der Waals surface area contributed by atoms with Gasteiger partial charge in [0.15, 0.2) is 11.6 Å². The zero-order chi connectivity index (χ0) is 20.4. The minimum absolute atomic E-state index is 0.207. The van der Waals surface area contributed by atoms with Gasteiger partial charge in [-0.3, -0.25) is 4.79 Å². The van der Waals surface area contributed by atoms with Gasteiger partial charge in [-0.25, -0.2) is 9.67 Å². The topological polar surface area (TPSA) is 98.7 Å². The summed E-state index contributed by atoms with van der Waals surface area (Å²) in [7, 11) is 0. The summed E-state index contributed by atoms with van der Waals surface area (Å²) in [5, 5.41) is 11.6. The highest BCUT2D eigenvalue weighted by Gasteiger charge is 2.16. The number of carbonyl (C=O) groups excluding carboxylic acids is 1. The van der Waals surface area contributed by atoms with Gasteiger partial charge in [-0.05, 0) is 43.7 Å². The van der Waals surface area contributed by atoms with E-state index in [9.17, 15) is 4.79 Å². The molecule has 0 saturated heterocycles. The van der Waals surface area contributed by atoms with E-state index in [0.717, 1.165) is 5.56 Å². The summed E-state index contributed by atoms with van der Waals surface area (Å²) in [5.41, 5.74) is 2.84. The van der Waals surface area contributed by atoms with Crippen LogP contribution in [0.25, 0.3) is 17.3 Å². The Morgan fingerprint density at radius 1 is 1.14 bits per heavy atom. The van der Waals surface area contributed by atoms with E-state index >= 15 is 0 Å². The maximum absolute atomic E-state index is 12.6. The monoisotopic (exact) mass is 408 g/mol. The van der Waals surface area contributed by atoms with Crippen molar-refractivity contribution in [2.24, 2.45) is 0 Å². The molecule has 146 valence electrons. The molecule has 0 unspecified atom stereocenters. The highest BCUT2D eigenvalue weighted by Crippen LogP contribution is 2.19. The molecule has 0 bridgehead atoms. The molecule has 0 fully saturated rings. The van der Waals surface area contributed by atoms with Gasteiger partial charge in [0.25, 0.3) is 11.8 Å². The molecule has 0 spiro atoms. The number of pyridine rings is 1. The Balaban J connectivity index is 1.49. The molecule has 0 radical (unpaired) electrons. The first-order valence-corrected chi connectivity index (χ1v) is 9.23. The van der Waals surface area contributed by atoms with Crippen LogP contribution in [0.3, 0.4) is 0 Å². The second kappa shape index (κ2) is 7.84. The van der Waals surface area contributed by atoms with Crippen molar-refractivity contribution < 1.29 is 9.32 Å². The number of nitrogens with one attached hydrogen (secondary N) is 1. The number of aryl methyl sites for hydroxylation is 1. The zero-order valence-electron chi connectivity index (χ0n) is 15.8. The Hall–Kier alpha value is -3.52. The summed E-state index contributed by atoms with van der Waals surface area (Å²) in [6, 6.07) is 10.9. The minimum Gasteiger partial charge on any atom is -0.348 e. The largest absolute Gasteiger partial charge is 0.348 e. The van der Waals surface area contributed by atoms with Crippen LogP contribution >= 0.6 is 11.6 Å². The average Bonchev–Trinajstić information content (AvgIpc) is 3.33. The number of hydrogen-bond donors (Lipinski definition) is 1. The minimum atomic E-state index is -0.207. The van der Waals surface area contributed by atoms with E-state index in [2.05, 4.69) is 25.5 Å².